The minimum atomic E-state index is 0.553. The van der Waals surface area contributed by atoms with Gasteiger partial charge in [0.05, 0.1) is 6.61 Å². The molecule has 0 atom stereocenters. The fraction of sp³-hybridized carbons (Fsp3) is 0.600. The molecule has 22 heavy (non-hydrogen) atoms. The first-order chi connectivity index (χ1) is 10.8. The maximum atomic E-state index is 5.40. The van der Waals surface area contributed by atoms with Gasteiger partial charge in [-0.3, -0.25) is 0 Å². The number of unbranched alkanes of at least 4 members (excludes halogenated alkanes) is 6. The molecule has 2 heteroatoms. The molecule has 0 heterocycles. The standard InChI is InChI=1S/C20H32O2/c1-4-7-8-9-10-11-12-15-18-16-13-17-20(22-21-6-3)19(18)14-5-2/h5,13-14,16-17H,4,6-12,15H2,1-3H3. The maximum Gasteiger partial charge on any atom is 0.172 e. The van der Waals surface area contributed by atoms with Crippen LogP contribution in [0.5, 0.6) is 5.75 Å². The summed E-state index contributed by atoms with van der Waals surface area (Å²) in [5, 5.41) is 0. The SMILES string of the molecule is CC=Cc1c(CCCCCCCCC)cccc1OOCC. The van der Waals surface area contributed by atoms with Crippen LogP contribution >= 0.6 is 0 Å². The summed E-state index contributed by atoms with van der Waals surface area (Å²) in [4.78, 5) is 10.5. The molecule has 2 nitrogen and oxygen atoms in total. The molecular weight excluding hydrogens is 272 g/mol. The summed E-state index contributed by atoms with van der Waals surface area (Å²) >= 11 is 0. The van der Waals surface area contributed by atoms with Crippen LogP contribution in [0.2, 0.25) is 0 Å². The smallest absolute Gasteiger partial charge is 0.172 e. The first-order valence-corrected chi connectivity index (χ1v) is 8.87. The lowest BCUT2D eigenvalue weighted by Gasteiger charge is -2.11. The Morgan fingerprint density at radius 2 is 1.68 bits per heavy atom. The maximum absolute atomic E-state index is 5.40. The topological polar surface area (TPSA) is 18.5 Å². The van der Waals surface area contributed by atoms with E-state index in [2.05, 4.69) is 31.2 Å². The van der Waals surface area contributed by atoms with Crippen LogP contribution in [-0.2, 0) is 11.3 Å². The van der Waals surface area contributed by atoms with Crippen LogP contribution in [0.1, 0.15) is 76.8 Å². The van der Waals surface area contributed by atoms with E-state index in [1.54, 1.807) is 0 Å². The highest BCUT2D eigenvalue weighted by atomic mass is 17.2. The molecule has 0 aliphatic carbocycles. The molecule has 0 saturated heterocycles. The van der Waals surface area contributed by atoms with Gasteiger partial charge >= 0.3 is 0 Å². The summed E-state index contributed by atoms with van der Waals surface area (Å²) in [6.07, 6.45) is 14.7. The minimum Gasteiger partial charge on any atom is -0.337 e. The highest BCUT2D eigenvalue weighted by Gasteiger charge is 2.07. The Kier molecular flexibility index (Phi) is 10.5. The van der Waals surface area contributed by atoms with Gasteiger partial charge in [-0.15, -0.1) is 0 Å². The Bertz CT molecular complexity index is 424. The molecule has 1 aromatic carbocycles. The van der Waals surface area contributed by atoms with Crippen LogP contribution in [0.4, 0.5) is 0 Å². The molecule has 0 aromatic heterocycles. The molecule has 1 aromatic rings. The largest absolute Gasteiger partial charge is 0.337 e. The number of allylic oxidation sites excluding steroid dienone is 1. The van der Waals surface area contributed by atoms with Crippen LogP contribution in [0.15, 0.2) is 24.3 Å². The van der Waals surface area contributed by atoms with Crippen molar-refractivity contribution in [3.63, 3.8) is 0 Å². The zero-order valence-electron chi connectivity index (χ0n) is 14.6. The molecule has 0 spiro atoms. The van der Waals surface area contributed by atoms with Gasteiger partial charge in [0.25, 0.3) is 0 Å². The fourth-order valence-corrected chi connectivity index (χ4v) is 2.63. The normalized spacial score (nSPS) is 11.2. The van der Waals surface area contributed by atoms with Crippen molar-refractivity contribution < 1.29 is 9.78 Å². The van der Waals surface area contributed by atoms with Crippen molar-refractivity contribution in [2.75, 3.05) is 6.61 Å². The Morgan fingerprint density at radius 3 is 2.36 bits per heavy atom. The molecule has 1 rings (SSSR count). The summed E-state index contributed by atoms with van der Waals surface area (Å²) in [6, 6.07) is 6.22. The lowest BCUT2D eigenvalue weighted by molar-refractivity contribution is -0.202. The summed E-state index contributed by atoms with van der Waals surface area (Å²) in [5.41, 5.74) is 2.51. The number of hydrogen-bond acceptors (Lipinski definition) is 2. The summed E-state index contributed by atoms with van der Waals surface area (Å²) < 4.78 is 0. The Morgan fingerprint density at radius 1 is 0.955 bits per heavy atom. The zero-order valence-corrected chi connectivity index (χ0v) is 14.6. The van der Waals surface area contributed by atoms with E-state index in [9.17, 15) is 0 Å². The van der Waals surface area contributed by atoms with Crippen molar-refractivity contribution in [3.8, 4) is 5.75 Å². The van der Waals surface area contributed by atoms with Crippen molar-refractivity contribution in [1.82, 2.24) is 0 Å². The molecule has 0 saturated carbocycles. The molecule has 0 aliphatic heterocycles. The van der Waals surface area contributed by atoms with E-state index in [0.29, 0.717) is 6.61 Å². The van der Waals surface area contributed by atoms with E-state index in [1.165, 1.54) is 50.5 Å². The number of benzene rings is 1. The van der Waals surface area contributed by atoms with Crippen molar-refractivity contribution in [2.24, 2.45) is 0 Å². The molecule has 0 aliphatic rings. The van der Waals surface area contributed by atoms with Crippen molar-refractivity contribution in [3.05, 3.63) is 35.4 Å². The average Bonchev–Trinajstić information content (AvgIpc) is 2.54. The third-order valence-electron chi connectivity index (χ3n) is 3.81. The molecule has 0 unspecified atom stereocenters. The molecular formula is C20H32O2. The molecule has 0 bridgehead atoms. The zero-order chi connectivity index (χ0) is 16.0. The van der Waals surface area contributed by atoms with Crippen molar-refractivity contribution in [1.29, 1.82) is 0 Å². The van der Waals surface area contributed by atoms with Gasteiger partial charge in [-0.2, -0.15) is 4.89 Å². The molecule has 0 radical (unpaired) electrons. The first kappa shape index (κ1) is 18.8. The van der Waals surface area contributed by atoms with Gasteiger partial charge in [0.2, 0.25) is 0 Å². The average molecular weight is 304 g/mol. The summed E-state index contributed by atoms with van der Waals surface area (Å²) in [6.45, 7) is 6.78. The van der Waals surface area contributed by atoms with Crippen LogP contribution in [0.25, 0.3) is 6.08 Å². The minimum absolute atomic E-state index is 0.553. The predicted molar refractivity (Wildman–Crippen MR) is 95.1 cm³/mol. The molecule has 0 N–H and O–H groups in total. The van der Waals surface area contributed by atoms with Gasteiger partial charge in [0.1, 0.15) is 0 Å². The quantitative estimate of drug-likeness (QED) is 0.255. The first-order valence-electron chi connectivity index (χ1n) is 8.87. The second-order valence-electron chi connectivity index (χ2n) is 5.69. The van der Waals surface area contributed by atoms with Crippen LogP contribution in [0, 0.1) is 0 Å². The van der Waals surface area contributed by atoms with E-state index in [4.69, 9.17) is 9.78 Å². The Balaban J connectivity index is 2.50. The highest BCUT2D eigenvalue weighted by Crippen LogP contribution is 2.26. The van der Waals surface area contributed by atoms with E-state index in [1.807, 2.05) is 19.9 Å². The van der Waals surface area contributed by atoms with Crippen LogP contribution in [0.3, 0.4) is 0 Å². The third kappa shape index (κ3) is 7.13. The second kappa shape index (κ2) is 12.3. The second-order valence-corrected chi connectivity index (χ2v) is 5.69. The predicted octanol–water partition coefficient (Wildman–Crippen LogP) is 6.34. The van der Waals surface area contributed by atoms with Gasteiger partial charge in [-0.1, -0.05) is 69.7 Å². The van der Waals surface area contributed by atoms with Crippen molar-refractivity contribution in [2.45, 2.75) is 72.1 Å². The van der Waals surface area contributed by atoms with E-state index < -0.39 is 0 Å². The third-order valence-corrected chi connectivity index (χ3v) is 3.81. The number of rotatable bonds is 12. The van der Waals surface area contributed by atoms with Crippen LogP contribution in [-0.4, -0.2) is 6.61 Å². The van der Waals surface area contributed by atoms with Crippen LogP contribution < -0.4 is 4.89 Å². The lowest BCUT2D eigenvalue weighted by Crippen LogP contribution is -2.00. The number of aryl methyl sites for hydroxylation is 1. The van der Waals surface area contributed by atoms with E-state index in [0.717, 1.165) is 17.7 Å². The lowest BCUT2D eigenvalue weighted by atomic mass is 9.99. The monoisotopic (exact) mass is 304 g/mol. The fourth-order valence-electron chi connectivity index (χ4n) is 2.63. The summed E-state index contributed by atoms with van der Waals surface area (Å²) in [7, 11) is 0. The van der Waals surface area contributed by atoms with Gasteiger partial charge in [-0.25, -0.2) is 0 Å². The van der Waals surface area contributed by atoms with Crippen molar-refractivity contribution >= 4 is 6.08 Å². The van der Waals surface area contributed by atoms with Gasteiger partial charge in [0.15, 0.2) is 5.75 Å². The Hall–Kier alpha value is -1.28. The summed E-state index contributed by atoms with van der Waals surface area (Å²) in [5.74, 6) is 0.820. The molecule has 124 valence electrons. The van der Waals surface area contributed by atoms with Gasteiger partial charge < -0.3 is 4.89 Å². The number of hydrogen-bond donors (Lipinski definition) is 0. The Labute approximate surface area is 136 Å². The molecule has 0 fully saturated rings. The highest BCUT2D eigenvalue weighted by molar-refractivity contribution is 5.61. The van der Waals surface area contributed by atoms with Gasteiger partial charge in [-0.05, 0) is 38.3 Å². The van der Waals surface area contributed by atoms with Gasteiger partial charge in [0, 0.05) is 5.56 Å². The molecule has 0 amide bonds. The van der Waals surface area contributed by atoms with E-state index in [-0.39, 0.29) is 0 Å². The van der Waals surface area contributed by atoms with E-state index >= 15 is 0 Å².